The fourth-order valence-corrected chi connectivity index (χ4v) is 13.0. The highest BCUT2D eigenvalue weighted by atomic mass is 35.5. The van der Waals surface area contributed by atoms with Crippen molar-refractivity contribution in [3.63, 3.8) is 0 Å². The van der Waals surface area contributed by atoms with E-state index in [2.05, 4.69) is 120 Å². The molecule has 0 saturated heterocycles. The number of anilines is 2. The topological polar surface area (TPSA) is 86.5 Å². The fourth-order valence-electron chi connectivity index (χ4n) is 12.6. The normalized spacial score (nSPS) is 13.1. The summed E-state index contributed by atoms with van der Waals surface area (Å²) in [4.78, 5) is 29.6. The minimum absolute atomic E-state index is 0.0695. The van der Waals surface area contributed by atoms with Crippen LogP contribution in [-0.2, 0) is 22.7 Å². The number of aromatic nitrogens is 2. The van der Waals surface area contributed by atoms with Gasteiger partial charge in [0, 0.05) is 57.8 Å². The van der Waals surface area contributed by atoms with Crippen molar-refractivity contribution < 1.29 is 19.1 Å². The maximum Gasteiger partial charge on any atom is 0.224 e. The highest BCUT2D eigenvalue weighted by Gasteiger charge is 2.35. The number of benzene rings is 4. The van der Waals surface area contributed by atoms with Crippen LogP contribution in [0.3, 0.4) is 0 Å². The molecule has 1 aliphatic rings. The second-order valence-corrected chi connectivity index (χ2v) is 25.1. The van der Waals surface area contributed by atoms with Crippen LogP contribution in [0, 0.1) is 0 Å². The summed E-state index contributed by atoms with van der Waals surface area (Å²) >= 11 is 14.3. The molecule has 2 heterocycles. The molecule has 4 aromatic carbocycles. The van der Waals surface area contributed by atoms with Gasteiger partial charge in [0.05, 0.1) is 35.6 Å². The van der Waals surface area contributed by atoms with Gasteiger partial charge in [0.2, 0.25) is 11.6 Å². The van der Waals surface area contributed by atoms with Crippen molar-refractivity contribution in [2.75, 3.05) is 23.8 Å². The summed E-state index contributed by atoms with van der Waals surface area (Å²) < 4.78 is 18.3. The van der Waals surface area contributed by atoms with Crippen LogP contribution in [-0.4, -0.2) is 33.9 Å². The molecule has 0 bridgehead atoms. The van der Waals surface area contributed by atoms with E-state index in [-0.39, 0.29) is 21.5 Å². The number of nitrogens with one attached hydrogen (secondary N) is 2. The van der Waals surface area contributed by atoms with E-state index in [4.69, 9.17) is 32.7 Å². The van der Waals surface area contributed by atoms with E-state index in [1.807, 2.05) is 0 Å². The van der Waals surface area contributed by atoms with Crippen LogP contribution in [0.4, 0.5) is 11.4 Å². The molecule has 0 aliphatic heterocycles. The Labute approximate surface area is 516 Å². The number of para-hydroxylation sites is 2. The third kappa shape index (κ3) is 19.5. The number of hydrogen-bond acceptors (Lipinski definition) is 6. The minimum atomic E-state index is -0.572. The first-order valence-corrected chi connectivity index (χ1v) is 34.8. The van der Waals surface area contributed by atoms with Crippen LogP contribution in [0.25, 0.3) is 43.6 Å². The molecule has 8 nitrogen and oxygen atoms in total. The van der Waals surface area contributed by atoms with Crippen molar-refractivity contribution >= 4 is 89.8 Å². The van der Waals surface area contributed by atoms with Crippen molar-refractivity contribution in [1.29, 1.82) is 0 Å². The molecule has 7 rings (SSSR count). The van der Waals surface area contributed by atoms with Gasteiger partial charge in [-0.3, -0.25) is 9.59 Å². The summed E-state index contributed by atoms with van der Waals surface area (Å²) in [5, 5.41) is 10.6. The number of allylic oxidation sites excluding steroid dienone is 2. The molecule has 0 fully saturated rings. The van der Waals surface area contributed by atoms with Crippen LogP contribution < -0.4 is 20.1 Å². The third-order valence-electron chi connectivity index (χ3n) is 17.5. The van der Waals surface area contributed by atoms with Crippen molar-refractivity contribution in [2.24, 2.45) is 0 Å². The molecule has 0 saturated carbocycles. The molecule has 0 amide bonds. The molecule has 2 N–H and O–H groups in total. The van der Waals surface area contributed by atoms with E-state index in [0.717, 1.165) is 95.2 Å². The van der Waals surface area contributed by atoms with Gasteiger partial charge in [0.25, 0.3) is 0 Å². The van der Waals surface area contributed by atoms with E-state index in [0.29, 0.717) is 36.1 Å². The van der Waals surface area contributed by atoms with Crippen LogP contribution >= 0.6 is 23.2 Å². The van der Waals surface area contributed by atoms with Gasteiger partial charge >= 0.3 is 0 Å². The zero-order valence-corrected chi connectivity index (χ0v) is 54.0. The number of carbonyl (C=O) groups excluding carboxylic acids is 2. The Kier molecular flexibility index (Phi) is 29.8. The largest absolute Gasteiger partial charge is 0.491 e. The molecule has 1 aliphatic carbocycles. The lowest BCUT2D eigenvalue weighted by Crippen LogP contribution is -2.27. The Morgan fingerprint density at radius 3 is 0.952 bits per heavy atom. The van der Waals surface area contributed by atoms with Gasteiger partial charge in [-0.25, -0.2) is 0 Å². The van der Waals surface area contributed by atoms with Crippen molar-refractivity contribution in [2.45, 2.75) is 272 Å². The highest BCUT2D eigenvalue weighted by molar-refractivity contribution is 6.56. The van der Waals surface area contributed by atoms with Crippen LogP contribution in [0.1, 0.15) is 259 Å². The minimum Gasteiger partial charge on any atom is -0.491 e. The first-order valence-electron chi connectivity index (χ1n) is 34.1. The number of unbranched alkanes of at least 4 members (excludes halogenated alkanes) is 32. The molecular weight excluding hydrogens is 1080 g/mol. The molecule has 84 heavy (non-hydrogen) atoms. The number of ketones is 2. The third-order valence-corrected chi connectivity index (χ3v) is 18.3. The molecule has 0 atom stereocenters. The Morgan fingerprint density at radius 2 is 0.631 bits per heavy atom. The van der Waals surface area contributed by atoms with Gasteiger partial charge in [-0.15, -0.1) is 0 Å². The SMILES string of the molecule is CCCCCCCCCCCCOc1cc2c(cc1NC1=C(Cl)C(=O)C(Nc3cc4c5ccccc5n(CCCCCCCCCC)c4cc3OCCCCCCCCCCCC)=C(Cl)C1=O)c1ccccc1n2CCCCCCCCCC. The summed E-state index contributed by atoms with van der Waals surface area (Å²) in [5.74, 6) is 0.0763. The second kappa shape index (κ2) is 37.6. The lowest BCUT2D eigenvalue weighted by Gasteiger charge is -2.22. The van der Waals surface area contributed by atoms with Gasteiger partial charge < -0.3 is 29.2 Å². The average molecular weight is 1190 g/mol. The number of hydrogen-bond donors (Lipinski definition) is 2. The molecule has 0 unspecified atom stereocenters. The van der Waals surface area contributed by atoms with Gasteiger partial charge in [-0.05, 0) is 49.9 Å². The zero-order valence-electron chi connectivity index (χ0n) is 52.5. The van der Waals surface area contributed by atoms with Crippen molar-refractivity contribution in [3.8, 4) is 11.5 Å². The predicted octanol–water partition coefficient (Wildman–Crippen LogP) is 23.4. The van der Waals surface area contributed by atoms with E-state index in [1.165, 1.54) is 193 Å². The Morgan fingerprint density at radius 1 is 0.345 bits per heavy atom. The highest BCUT2D eigenvalue weighted by Crippen LogP contribution is 2.42. The summed E-state index contributed by atoms with van der Waals surface area (Å²) in [7, 11) is 0. The van der Waals surface area contributed by atoms with E-state index in [1.54, 1.807) is 0 Å². The number of fused-ring (bicyclic) bond motifs is 6. The van der Waals surface area contributed by atoms with Crippen LogP contribution in [0.2, 0.25) is 0 Å². The lowest BCUT2D eigenvalue weighted by atomic mass is 10.0. The standard InChI is InChI=1S/C74H106Cl2N4O4/c1-5-9-13-17-21-25-27-31-35-43-51-83-67-55-65-59(57-45-37-39-47-63(57)79(65)49-41-33-29-23-19-15-11-7-3)53-61(67)77-71-69(75)74(82)72(70(76)73(71)81)78-62-54-60-58-46-38-40-48-64(58)80(50-42-34-30-24-20-16-12-8-4)66(60)56-68(62)84-52-44-36-32-28-26-22-18-14-10-6-2/h37-40,45-48,53-56,77-78H,5-36,41-44,49-52H2,1-4H3. The molecular formula is C74H106Cl2N4O4. The molecule has 0 radical (unpaired) electrons. The van der Waals surface area contributed by atoms with E-state index in [9.17, 15) is 9.59 Å². The summed E-state index contributed by atoms with van der Waals surface area (Å²) in [6, 6.07) is 25.4. The first-order chi connectivity index (χ1) is 41.3. The quantitative estimate of drug-likeness (QED) is 0.0293. The Balaban J connectivity index is 1.13. The predicted molar refractivity (Wildman–Crippen MR) is 362 cm³/mol. The number of carbonyl (C=O) groups is 2. The maximum absolute atomic E-state index is 14.8. The number of rotatable bonds is 46. The summed E-state index contributed by atoms with van der Waals surface area (Å²) in [6.07, 6.45) is 44.6. The smallest absolute Gasteiger partial charge is 0.224 e. The molecule has 6 aromatic rings. The van der Waals surface area contributed by atoms with Gasteiger partial charge in [0.15, 0.2) is 0 Å². The van der Waals surface area contributed by atoms with E-state index >= 15 is 0 Å². The number of aryl methyl sites for hydroxylation is 2. The van der Waals surface area contributed by atoms with Crippen LogP contribution in [0.5, 0.6) is 11.5 Å². The maximum atomic E-state index is 14.8. The van der Waals surface area contributed by atoms with Crippen molar-refractivity contribution in [3.05, 3.63) is 94.3 Å². The van der Waals surface area contributed by atoms with Crippen LogP contribution in [0.15, 0.2) is 94.3 Å². The monoisotopic (exact) mass is 1180 g/mol. The second-order valence-electron chi connectivity index (χ2n) is 24.4. The fraction of sp³-hybridized carbons (Fsp3) is 0.595. The molecule has 460 valence electrons. The first kappa shape index (κ1) is 66.6. The van der Waals surface area contributed by atoms with Gasteiger partial charge in [-0.2, -0.15) is 0 Å². The zero-order chi connectivity index (χ0) is 59.1. The average Bonchev–Trinajstić information content (AvgIpc) is 2.35. The lowest BCUT2D eigenvalue weighted by molar-refractivity contribution is -0.115. The number of ether oxygens (including phenoxy) is 2. The van der Waals surface area contributed by atoms with Crippen molar-refractivity contribution in [1.82, 2.24) is 9.13 Å². The summed E-state index contributed by atoms with van der Waals surface area (Å²) in [6.45, 7) is 11.9. The van der Waals surface area contributed by atoms with Gasteiger partial charge in [0.1, 0.15) is 33.0 Å². The molecule has 2 aromatic heterocycles. The molecule has 10 heteroatoms. The van der Waals surface area contributed by atoms with Gasteiger partial charge in [-0.1, -0.05) is 293 Å². The number of Topliss-reactive ketones (excluding diaryl/α,β-unsaturated/α-hetero) is 2. The summed E-state index contributed by atoms with van der Waals surface area (Å²) in [5.41, 5.74) is 5.48. The van der Waals surface area contributed by atoms with E-state index < -0.39 is 11.6 Å². The Hall–Kier alpha value is -4.92. The number of halogens is 2. The number of nitrogens with zero attached hydrogens (tertiary/aromatic N) is 2. The molecule has 0 spiro atoms. The Bertz CT molecular complexity index is 2820.